The predicted octanol–water partition coefficient (Wildman–Crippen LogP) is 2.25. The third-order valence-electron chi connectivity index (χ3n) is 3.62. The molecule has 0 radical (unpaired) electrons. The number of rotatable bonds is 2. The molecule has 1 aromatic heterocycles. The normalized spacial score (nSPS) is 30.2. The van der Waals surface area contributed by atoms with Crippen molar-refractivity contribution in [3.63, 3.8) is 0 Å². The number of carbonyl (C=O) groups is 1. The summed E-state index contributed by atoms with van der Waals surface area (Å²) in [7, 11) is 0. The first-order valence-corrected chi connectivity index (χ1v) is 5.82. The molecule has 4 nitrogen and oxygen atoms in total. The lowest BCUT2D eigenvalue weighted by Crippen LogP contribution is -2.32. The van der Waals surface area contributed by atoms with Crippen LogP contribution in [0.15, 0.2) is 12.4 Å². The molecular formula is C12H18N2O2. The van der Waals surface area contributed by atoms with Gasteiger partial charge in [-0.25, -0.2) is 4.98 Å². The summed E-state index contributed by atoms with van der Waals surface area (Å²) in [6.45, 7) is 4.12. The maximum Gasteiger partial charge on any atom is 0.308 e. The van der Waals surface area contributed by atoms with Gasteiger partial charge in [-0.3, -0.25) is 4.79 Å². The van der Waals surface area contributed by atoms with Gasteiger partial charge in [-0.15, -0.1) is 0 Å². The molecule has 1 saturated carbocycles. The molecule has 0 aliphatic heterocycles. The lowest BCUT2D eigenvalue weighted by atomic mass is 9.79. The van der Waals surface area contributed by atoms with Gasteiger partial charge >= 0.3 is 5.97 Å². The fraction of sp³-hybridized carbons (Fsp3) is 0.667. The zero-order valence-electron chi connectivity index (χ0n) is 9.76. The first-order chi connectivity index (χ1) is 7.59. The number of hydrogen-bond acceptors (Lipinski definition) is 2. The lowest BCUT2D eigenvalue weighted by molar-refractivity contribution is -0.144. The minimum absolute atomic E-state index is 0.0729. The van der Waals surface area contributed by atoms with Crippen LogP contribution in [0.25, 0.3) is 0 Å². The van der Waals surface area contributed by atoms with E-state index in [9.17, 15) is 9.90 Å². The first kappa shape index (κ1) is 11.2. The average molecular weight is 222 g/mol. The topological polar surface area (TPSA) is 55.1 Å². The number of imidazole rings is 1. The number of carboxylic acid groups (broad SMARTS) is 1. The quantitative estimate of drug-likeness (QED) is 0.835. The van der Waals surface area contributed by atoms with E-state index in [1.807, 2.05) is 17.7 Å². The number of aliphatic carboxylic acids is 1. The van der Waals surface area contributed by atoms with Crippen LogP contribution in [0.1, 0.15) is 38.1 Å². The molecule has 1 N–H and O–H groups in total. The predicted molar refractivity (Wildman–Crippen MR) is 60.1 cm³/mol. The Labute approximate surface area is 95.3 Å². The highest BCUT2D eigenvalue weighted by Gasteiger charge is 2.35. The molecule has 1 aliphatic carbocycles. The van der Waals surface area contributed by atoms with Gasteiger partial charge in [0.2, 0.25) is 0 Å². The molecule has 0 amide bonds. The van der Waals surface area contributed by atoms with E-state index < -0.39 is 5.97 Å². The molecule has 2 rings (SSSR count). The van der Waals surface area contributed by atoms with Gasteiger partial charge in [-0.2, -0.15) is 0 Å². The van der Waals surface area contributed by atoms with Crippen LogP contribution in [0.3, 0.4) is 0 Å². The Bertz CT molecular complexity index is 386. The van der Waals surface area contributed by atoms with E-state index in [0.717, 1.165) is 25.1 Å². The fourth-order valence-electron chi connectivity index (χ4n) is 2.68. The molecule has 4 heteroatoms. The number of aryl methyl sites for hydroxylation is 1. The summed E-state index contributed by atoms with van der Waals surface area (Å²) in [4.78, 5) is 15.4. The second-order valence-corrected chi connectivity index (χ2v) is 4.81. The van der Waals surface area contributed by atoms with Crippen molar-refractivity contribution in [2.45, 2.75) is 39.2 Å². The van der Waals surface area contributed by atoms with E-state index in [-0.39, 0.29) is 12.0 Å². The van der Waals surface area contributed by atoms with Crippen LogP contribution in [0.4, 0.5) is 0 Å². The van der Waals surface area contributed by atoms with Gasteiger partial charge in [0, 0.05) is 18.4 Å². The van der Waals surface area contributed by atoms with Crippen molar-refractivity contribution in [2.75, 3.05) is 0 Å². The molecule has 1 fully saturated rings. The largest absolute Gasteiger partial charge is 0.481 e. The first-order valence-electron chi connectivity index (χ1n) is 5.82. The summed E-state index contributed by atoms with van der Waals surface area (Å²) < 4.78 is 2.02. The van der Waals surface area contributed by atoms with Crippen LogP contribution >= 0.6 is 0 Å². The van der Waals surface area contributed by atoms with Gasteiger partial charge in [-0.1, -0.05) is 6.92 Å². The fourth-order valence-corrected chi connectivity index (χ4v) is 2.68. The zero-order chi connectivity index (χ0) is 11.7. The van der Waals surface area contributed by atoms with Crippen molar-refractivity contribution in [2.24, 2.45) is 11.8 Å². The molecular weight excluding hydrogens is 204 g/mol. The van der Waals surface area contributed by atoms with Gasteiger partial charge in [-0.05, 0) is 32.1 Å². The van der Waals surface area contributed by atoms with Gasteiger partial charge < -0.3 is 9.67 Å². The summed E-state index contributed by atoms with van der Waals surface area (Å²) in [6, 6.07) is 0.0729. The van der Waals surface area contributed by atoms with Crippen molar-refractivity contribution in [3.8, 4) is 0 Å². The smallest absolute Gasteiger partial charge is 0.308 e. The van der Waals surface area contributed by atoms with Crippen LogP contribution in [0.5, 0.6) is 0 Å². The van der Waals surface area contributed by atoms with Crippen LogP contribution in [0, 0.1) is 18.8 Å². The summed E-state index contributed by atoms with van der Waals surface area (Å²) >= 11 is 0. The third kappa shape index (κ3) is 1.96. The Kier molecular flexibility index (Phi) is 2.99. The number of aromatic nitrogens is 2. The lowest BCUT2D eigenvalue weighted by Gasteiger charge is -2.33. The number of hydrogen-bond donors (Lipinski definition) is 1. The van der Waals surface area contributed by atoms with Crippen molar-refractivity contribution in [3.05, 3.63) is 18.2 Å². The molecule has 0 bridgehead atoms. The average Bonchev–Trinajstić information content (AvgIpc) is 2.63. The van der Waals surface area contributed by atoms with Crippen molar-refractivity contribution in [1.82, 2.24) is 9.55 Å². The molecule has 88 valence electrons. The van der Waals surface area contributed by atoms with Crippen LogP contribution < -0.4 is 0 Å². The monoisotopic (exact) mass is 222 g/mol. The Balaban J connectivity index is 2.27. The SMILES string of the molecule is Cc1nccn1C1CC(C)CCC1C(=O)O. The summed E-state index contributed by atoms with van der Waals surface area (Å²) in [6.07, 6.45) is 6.37. The second-order valence-electron chi connectivity index (χ2n) is 4.81. The molecule has 3 atom stereocenters. The van der Waals surface area contributed by atoms with E-state index in [0.29, 0.717) is 5.92 Å². The van der Waals surface area contributed by atoms with Crippen molar-refractivity contribution < 1.29 is 9.90 Å². The molecule has 16 heavy (non-hydrogen) atoms. The van der Waals surface area contributed by atoms with Crippen molar-refractivity contribution in [1.29, 1.82) is 0 Å². The van der Waals surface area contributed by atoms with E-state index in [2.05, 4.69) is 11.9 Å². The Hall–Kier alpha value is -1.32. The van der Waals surface area contributed by atoms with E-state index in [1.54, 1.807) is 6.20 Å². The highest BCUT2D eigenvalue weighted by molar-refractivity contribution is 5.70. The summed E-state index contributed by atoms with van der Waals surface area (Å²) in [5.74, 6) is 0.571. The molecule has 0 saturated heterocycles. The summed E-state index contributed by atoms with van der Waals surface area (Å²) in [5.41, 5.74) is 0. The standard InChI is InChI=1S/C12H18N2O2/c1-8-3-4-10(12(15)16)11(7-8)14-6-5-13-9(14)2/h5-6,8,10-11H,3-4,7H2,1-2H3,(H,15,16). The number of carboxylic acids is 1. The Morgan fingerprint density at radius 3 is 2.88 bits per heavy atom. The summed E-state index contributed by atoms with van der Waals surface area (Å²) in [5, 5.41) is 9.25. The molecule has 1 aromatic rings. The molecule has 0 aromatic carbocycles. The van der Waals surface area contributed by atoms with Gasteiger partial charge in [0.1, 0.15) is 5.82 Å². The minimum atomic E-state index is -0.676. The van der Waals surface area contributed by atoms with E-state index in [4.69, 9.17) is 0 Å². The van der Waals surface area contributed by atoms with Crippen LogP contribution in [0.2, 0.25) is 0 Å². The van der Waals surface area contributed by atoms with E-state index >= 15 is 0 Å². The number of nitrogens with zero attached hydrogens (tertiary/aromatic N) is 2. The van der Waals surface area contributed by atoms with Crippen molar-refractivity contribution >= 4 is 5.97 Å². The minimum Gasteiger partial charge on any atom is -0.481 e. The zero-order valence-corrected chi connectivity index (χ0v) is 9.76. The van der Waals surface area contributed by atoms with E-state index in [1.165, 1.54) is 0 Å². The van der Waals surface area contributed by atoms with Gasteiger partial charge in [0.25, 0.3) is 0 Å². The third-order valence-corrected chi connectivity index (χ3v) is 3.62. The maximum atomic E-state index is 11.2. The highest BCUT2D eigenvalue weighted by atomic mass is 16.4. The molecule has 1 aliphatic rings. The van der Waals surface area contributed by atoms with Crippen LogP contribution in [-0.4, -0.2) is 20.6 Å². The molecule has 3 unspecified atom stereocenters. The molecule has 1 heterocycles. The Morgan fingerprint density at radius 2 is 2.31 bits per heavy atom. The second kappa shape index (κ2) is 4.28. The van der Waals surface area contributed by atoms with Gasteiger partial charge in [0.05, 0.1) is 5.92 Å². The maximum absolute atomic E-state index is 11.2. The van der Waals surface area contributed by atoms with Gasteiger partial charge in [0.15, 0.2) is 0 Å². The Morgan fingerprint density at radius 1 is 1.56 bits per heavy atom. The highest BCUT2D eigenvalue weighted by Crippen LogP contribution is 2.37. The molecule has 0 spiro atoms. The van der Waals surface area contributed by atoms with Crippen LogP contribution in [-0.2, 0) is 4.79 Å².